The Morgan fingerprint density at radius 1 is 1.00 bits per heavy atom. The van der Waals surface area contributed by atoms with Gasteiger partial charge in [0, 0.05) is 12.3 Å². The highest BCUT2D eigenvalue weighted by Gasteiger charge is 2.38. The summed E-state index contributed by atoms with van der Waals surface area (Å²) < 4.78 is 0. The summed E-state index contributed by atoms with van der Waals surface area (Å²) in [7, 11) is 0. The third-order valence-electron chi connectivity index (χ3n) is 4.48. The zero-order valence-corrected chi connectivity index (χ0v) is 12.0. The van der Waals surface area contributed by atoms with Gasteiger partial charge in [-0.05, 0) is 35.4 Å². The monoisotopic (exact) mass is 280 g/mol. The number of rotatable bonds is 5. The fourth-order valence-corrected chi connectivity index (χ4v) is 3.10. The van der Waals surface area contributed by atoms with E-state index in [1.54, 1.807) is 0 Å². The predicted octanol–water partition coefficient (Wildman–Crippen LogP) is 3.48. The number of Topliss-reactive ketones (excluding diaryl/α,β-unsaturated/α-hetero) is 1. The minimum absolute atomic E-state index is 0.00750. The molecule has 1 fully saturated rings. The van der Waals surface area contributed by atoms with Crippen LogP contribution in [0.3, 0.4) is 0 Å². The fourth-order valence-electron chi connectivity index (χ4n) is 3.10. The molecule has 2 atom stereocenters. The molecule has 2 heteroatoms. The van der Waals surface area contributed by atoms with Gasteiger partial charge in [0.25, 0.3) is 0 Å². The van der Waals surface area contributed by atoms with Crippen molar-refractivity contribution < 1.29 is 9.90 Å². The maximum absolute atomic E-state index is 11.4. The van der Waals surface area contributed by atoms with Gasteiger partial charge in [0.05, 0.1) is 6.61 Å². The van der Waals surface area contributed by atoms with Crippen LogP contribution in [0, 0.1) is 11.8 Å². The van der Waals surface area contributed by atoms with Crippen LogP contribution in [-0.2, 0) is 11.2 Å². The Morgan fingerprint density at radius 3 is 2.48 bits per heavy atom. The molecule has 0 aliphatic heterocycles. The summed E-state index contributed by atoms with van der Waals surface area (Å²) in [6.45, 7) is 0.00750. The lowest BCUT2D eigenvalue weighted by molar-refractivity contribution is -0.136. The second kappa shape index (κ2) is 6.23. The molecule has 2 aromatic carbocycles. The van der Waals surface area contributed by atoms with E-state index < -0.39 is 0 Å². The largest absolute Gasteiger partial charge is 0.396 e. The van der Waals surface area contributed by atoms with E-state index in [1.165, 1.54) is 16.7 Å². The van der Waals surface area contributed by atoms with Gasteiger partial charge in [-0.1, -0.05) is 54.6 Å². The van der Waals surface area contributed by atoms with Crippen LogP contribution < -0.4 is 0 Å². The molecule has 1 aliphatic rings. The second-order valence-electron chi connectivity index (χ2n) is 5.82. The third kappa shape index (κ3) is 3.06. The lowest BCUT2D eigenvalue weighted by Gasteiger charge is -2.33. The summed E-state index contributed by atoms with van der Waals surface area (Å²) >= 11 is 0. The van der Waals surface area contributed by atoms with E-state index in [-0.39, 0.29) is 18.3 Å². The summed E-state index contributed by atoms with van der Waals surface area (Å²) in [6.07, 6.45) is 2.59. The van der Waals surface area contributed by atoms with Crippen molar-refractivity contribution in [1.82, 2.24) is 0 Å². The normalized spacial score (nSPS) is 21.1. The lowest BCUT2D eigenvalue weighted by Crippen LogP contribution is -2.39. The van der Waals surface area contributed by atoms with Crippen molar-refractivity contribution in [2.45, 2.75) is 19.3 Å². The standard InChI is InChI=1S/C19H20O2/c20-13-18-17(12-19(18)21)10-9-14-5-4-8-16(11-14)15-6-2-1-3-7-15/h1-8,11,17-18,20H,9-10,12-13H2/t17-,18-/m1/s1. The second-order valence-corrected chi connectivity index (χ2v) is 5.82. The molecule has 3 rings (SSSR count). The Morgan fingerprint density at radius 2 is 1.76 bits per heavy atom. The summed E-state index contributed by atoms with van der Waals surface area (Å²) in [5.74, 6) is 0.478. The predicted molar refractivity (Wildman–Crippen MR) is 83.9 cm³/mol. The van der Waals surface area contributed by atoms with Crippen LogP contribution in [0.5, 0.6) is 0 Å². The fraction of sp³-hybridized carbons (Fsp3) is 0.316. The van der Waals surface area contributed by atoms with Crippen molar-refractivity contribution in [3.05, 3.63) is 60.2 Å². The zero-order chi connectivity index (χ0) is 14.7. The van der Waals surface area contributed by atoms with Crippen LogP contribution in [0.2, 0.25) is 0 Å². The molecule has 21 heavy (non-hydrogen) atoms. The van der Waals surface area contributed by atoms with Crippen molar-refractivity contribution in [2.75, 3.05) is 6.61 Å². The van der Waals surface area contributed by atoms with Gasteiger partial charge in [-0.25, -0.2) is 0 Å². The van der Waals surface area contributed by atoms with Crippen LogP contribution in [0.4, 0.5) is 0 Å². The quantitative estimate of drug-likeness (QED) is 0.910. The molecule has 0 bridgehead atoms. The Kier molecular flexibility index (Phi) is 4.16. The van der Waals surface area contributed by atoms with Gasteiger partial charge in [0.1, 0.15) is 5.78 Å². The van der Waals surface area contributed by atoms with E-state index in [1.807, 2.05) is 18.2 Å². The molecule has 1 aliphatic carbocycles. The van der Waals surface area contributed by atoms with Crippen molar-refractivity contribution in [1.29, 1.82) is 0 Å². The van der Waals surface area contributed by atoms with Crippen molar-refractivity contribution >= 4 is 5.78 Å². The van der Waals surface area contributed by atoms with Gasteiger partial charge in [-0.15, -0.1) is 0 Å². The molecule has 1 N–H and O–H groups in total. The van der Waals surface area contributed by atoms with Crippen LogP contribution in [0.1, 0.15) is 18.4 Å². The van der Waals surface area contributed by atoms with E-state index in [9.17, 15) is 9.90 Å². The number of aryl methyl sites for hydroxylation is 1. The molecular formula is C19H20O2. The van der Waals surface area contributed by atoms with E-state index in [4.69, 9.17) is 0 Å². The number of carbonyl (C=O) groups is 1. The molecule has 0 radical (unpaired) electrons. The molecule has 0 amide bonds. The average Bonchev–Trinajstić information content (AvgIpc) is 2.53. The van der Waals surface area contributed by atoms with Crippen LogP contribution >= 0.6 is 0 Å². The van der Waals surface area contributed by atoms with E-state index >= 15 is 0 Å². The number of ketones is 1. The van der Waals surface area contributed by atoms with Gasteiger partial charge >= 0.3 is 0 Å². The summed E-state index contributed by atoms with van der Waals surface area (Å²) in [5.41, 5.74) is 3.76. The zero-order valence-electron chi connectivity index (χ0n) is 12.0. The smallest absolute Gasteiger partial charge is 0.138 e. The van der Waals surface area contributed by atoms with E-state index in [0.717, 1.165) is 12.8 Å². The summed E-state index contributed by atoms with van der Waals surface area (Å²) in [6, 6.07) is 18.9. The molecular weight excluding hydrogens is 260 g/mol. The molecule has 0 aromatic heterocycles. The van der Waals surface area contributed by atoms with E-state index in [0.29, 0.717) is 12.3 Å². The third-order valence-corrected chi connectivity index (χ3v) is 4.48. The van der Waals surface area contributed by atoms with Gasteiger partial charge in [-0.3, -0.25) is 4.79 Å². The molecule has 2 aromatic rings. The maximum Gasteiger partial charge on any atom is 0.138 e. The van der Waals surface area contributed by atoms with Crippen molar-refractivity contribution in [3.8, 4) is 11.1 Å². The van der Waals surface area contributed by atoms with Crippen molar-refractivity contribution in [3.63, 3.8) is 0 Å². The maximum atomic E-state index is 11.4. The molecule has 1 saturated carbocycles. The van der Waals surface area contributed by atoms with Crippen LogP contribution in [0.25, 0.3) is 11.1 Å². The molecule has 0 heterocycles. The molecule has 2 nitrogen and oxygen atoms in total. The van der Waals surface area contributed by atoms with Gasteiger partial charge < -0.3 is 5.11 Å². The highest BCUT2D eigenvalue weighted by atomic mass is 16.3. The highest BCUT2D eigenvalue weighted by Crippen LogP contribution is 2.34. The first-order chi connectivity index (χ1) is 10.3. The first-order valence-electron chi connectivity index (χ1n) is 7.56. The minimum Gasteiger partial charge on any atom is -0.396 e. The SMILES string of the molecule is O=C1C[C@@H](CCc2cccc(-c3ccccc3)c2)[C@H]1CO. The summed E-state index contributed by atoms with van der Waals surface area (Å²) in [4.78, 5) is 11.4. The van der Waals surface area contributed by atoms with Gasteiger partial charge in [-0.2, -0.15) is 0 Å². The van der Waals surface area contributed by atoms with E-state index in [2.05, 4.69) is 36.4 Å². The molecule has 108 valence electrons. The molecule has 0 saturated heterocycles. The van der Waals surface area contributed by atoms with Crippen LogP contribution in [0.15, 0.2) is 54.6 Å². The number of hydrogen-bond acceptors (Lipinski definition) is 2. The van der Waals surface area contributed by atoms with Crippen molar-refractivity contribution in [2.24, 2.45) is 11.8 Å². The number of aliphatic hydroxyl groups excluding tert-OH is 1. The van der Waals surface area contributed by atoms with Crippen LogP contribution in [-0.4, -0.2) is 17.5 Å². The summed E-state index contributed by atoms with van der Waals surface area (Å²) in [5, 5.41) is 9.20. The average molecular weight is 280 g/mol. The Balaban J connectivity index is 1.66. The van der Waals surface area contributed by atoms with Gasteiger partial charge in [0.15, 0.2) is 0 Å². The lowest BCUT2D eigenvalue weighted by atomic mass is 9.70. The Hall–Kier alpha value is -1.93. The number of aliphatic hydroxyl groups is 1. The number of hydrogen-bond donors (Lipinski definition) is 1. The Bertz CT molecular complexity index is 618. The molecule has 0 spiro atoms. The first-order valence-corrected chi connectivity index (χ1v) is 7.56. The molecule has 0 unspecified atom stereocenters. The Labute approximate surface area is 125 Å². The highest BCUT2D eigenvalue weighted by molar-refractivity contribution is 5.87. The first kappa shape index (κ1) is 14.0. The van der Waals surface area contributed by atoms with Gasteiger partial charge in [0.2, 0.25) is 0 Å². The topological polar surface area (TPSA) is 37.3 Å². The minimum atomic E-state index is -0.109. The number of carbonyl (C=O) groups excluding carboxylic acids is 1. The number of benzene rings is 2.